The maximum absolute atomic E-state index is 12.3. The van der Waals surface area contributed by atoms with Crippen molar-refractivity contribution in [3.8, 4) is 0 Å². The van der Waals surface area contributed by atoms with E-state index in [4.69, 9.17) is 4.42 Å². The van der Waals surface area contributed by atoms with Gasteiger partial charge in [-0.3, -0.25) is 4.79 Å². The first kappa shape index (κ1) is 13.1. The van der Waals surface area contributed by atoms with E-state index in [0.29, 0.717) is 23.2 Å². The normalized spacial score (nSPS) is 20.5. The molecule has 2 rings (SSSR count). The predicted molar refractivity (Wildman–Crippen MR) is 67.3 cm³/mol. The van der Waals surface area contributed by atoms with Crippen LogP contribution in [0.1, 0.15) is 36.0 Å². The van der Waals surface area contributed by atoms with E-state index >= 15 is 0 Å². The van der Waals surface area contributed by atoms with Crippen LogP contribution in [0.5, 0.6) is 0 Å². The summed E-state index contributed by atoms with van der Waals surface area (Å²) in [5.74, 6) is -1.23. The Balaban J connectivity index is 2.25. The van der Waals surface area contributed by atoms with E-state index in [2.05, 4.69) is 15.9 Å². The Bertz CT molecular complexity index is 457. The zero-order valence-electron chi connectivity index (χ0n) is 9.76. The van der Waals surface area contributed by atoms with Crippen molar-refractivity contribution in [1.29, 1.82) is 0 Å². The summed E-state index contributed by atoms with van der Waals surface area (Å²) < 4.78 is 5.37. The number of amides is 1. The summed E-state index contributed by atoms with van der Waals surface area (Å²) in [5, 5.41) is 9.22. The molecule has 18 heavy (non-hydrogen) atoms. The highest BCUT2D eigenvalue weighted by Gasteiger charge is 2.32. The maximum atomic E-state index is 12.3. The molecule has 2 heterocycles. The van der Waals surface area contributed by atoms with E-state index < -0.39 is 12.0 Å². The molecule has 1 atom stereocenters. The van der Waals surface area contributed by atoms with Gasteiger partial charge in [0.25, 0.3) is 5.91 Å². The van der Waals surface area contributed by atoms with Gasteiger partial charge in [0.2, 0.25) is 0 Å². The van der Waals surface area contributed by atoms with Gasteiger partial charge >= 0.3 is 5.97 Å². The topological polar surface area (TPSA) is 70.8 Å². The van der Waals surface area contributed by atoms with Gasteiger partial charge in [-0.2, -0.15) is 0 Å². The minimum Gasteiger partial charge on any atom is -0.480 e. The van der Waals surface area contributed by atoms with Crippen LogP contribution in [0.2, 0.25) is 0 Å². The number of carboxylic acids is 1. The highest BCUT2D eigenvalue weighted by Crippen LogP contribution is 2.24. The van der Waals surface area contributed by atoms with Crippen molar-refractivity contribution >= 4 is 27.8 Å². The van der Waals surface area contributed by atoms with Gasteiger partial charge in [0.1, 0.15) is 6.04 Å². The number of furan rings is 1. The number of aliphatic carboxylic acids is 1. The Hall–Kier alpha value is -1.30. The molecule has 1 aliphatic heterocycles. The molecule has 1 amide bonds. The lowest BCUT2D eigenvalue weighted by Crippen LogP contribution is -2.44. The summed E-state index contributed by atoms with van der Waals surface area (Å²) in [6.45, 7) is 0.480. The molecule has 1 aromatic heterocycles. The van der Waals surface area contributed by atoms with Crippen LogP contribution in [0, 0.1) is 0 Å². The van der Waals surface area contributed by atoms with E-state index in [1.165, 1.54) is 11.2 Å². The lowest BCUT2D eigenvalue weighted by Gasteiger charge is -2.26. The third-order valence-corrected chi connectivity index (χ3v) is 3.76. The number of carbonyl (C=O) groups excluding carboxylic acids is 1. The van der Waals surface area contributed by atoms with Crippen molar-refractivity contribution in [3.05, 3.63) is 22.6 Å². The fourth-order valence-corrected chi connectivity index (χ4v) is 2.62. The number of halogens is 1. The Morgan fingerprint density at radius 3 is 2.78 bits per heavy atom. The molecule has 1 saturated heterocycles. The minimum atomic E-state index is -0.940. The highest BCUT2D eigenvalue weighted by molar-refractivity contribution is 9.10. The Morgan fingerprint density at radius 1 is 1.39 bits per heavy atom. The van der Waals surface area contributed by atoms with Gasteiger partial charge in [0.05, 0.1) is 11.8 Å². The molecule has 1 fully saturated rings. The molecular weight excluding hydrogens is 302 g/mol. The monoisotopic (exact) mass is 315 g/mol. The summed E-state index contributed by atoms with van der Waals surface area (Å²) in [6, 6.07) is 0.817. The average molecular weight is 316 g/mol. The number of carboxylic acid groups (broad SMARTS) is 1. The lowest BCUT2D eigenvalue weighted by molar-refractivity contribution is -0.142. The van der Waals surface area contributed by atoms with E-state index in [0.717, 1.165) is 19.3 Å². The second kappa shape index (κ2) is 5.56. The predicted octanol–water partition coefficient (Wildman–Crippen LogP) is 2.51. The smallest absolute Gasteiger partial charge is 0.326 e. The molecule has 1 aliphatic rings. The molecule has 5 nitrogen and oxygen atoms in total. The van der Waals surface area contributed by atoms with E-state index in [1.807, 2.05) is 0 Å². The fraction of sp³-hybridized carbons (Fsp3) is 0.500. The summed E-state index contributed by atoms with van der Waals surface area (Å²) in [6.07, 6.45) is 4.56. The second-order valence-electron chi connectivity index (χ2n) is 4.31. The molecule has 0 radical (unpaired) electrons. The van der Waals surface area contributed by atoms with Crippen molar-refractivity contribution in [2.75, 3.05) is 6.54 Å². The molecule has 0 saturated carbocycles. The van der Waals surface area contributed by atoms with Gasteiger partial charge in [-0.1, -0.05) is 12.8 Å². The number of carbonyl (C=O) groups is 2. The van der Waals surface area contributed by atoms with Gasteiger partial charge < -0.3 is 14.4 Å². The summed E-state index contributed by atoms with van der Waals surface area (Å²) in [5.41, 5.74) is 0.378. The Morgan fingerprint density at radius 2 is 2.17 bits per heavy atom. The van der Waals surface area contributed by atoms with Crippen molar-refractivity contribution < 1.29 is 19.1 Å². The minimum absolute atomic E-state index is 0.287. The van der Waals surface area contributed by atoms with Crippen LogP contribution >= 0.6 is 15.9 Å². The molecule has 0 bridgehead atoms. The van der Waals surface area contributed by atoms with Crippen LogP contribution in [0.15, 0.2) is 21.4 Å². The Kier molecular flexibility index (Phi) is 4.06. The first-order valence-corrected chi connectivity index (χ1v) is 6.67. The fourth-order valence-electron chi connectivity index (χ4n) is 2.21. The standard InChI is InChI=1S/C12H14BrNO4/c13-10-8(5-7-18-10)11(15)14-6-3-1-2-4-9(14)12(16)17/h5,7,9H,1-4,6H2,(H,16,17). The molecule has 0 aliphatic carbocycles. The van der Waals surface area contributed by atoms with Crippen LogP contribution in [0.4, 0.5) is 0 Å². The van der Waals surface area contributed by atoms with E-state index in [9.17, 15) is 14.7 Å². The van der Waals surface area contributed by atoms with Crippen LogP contribution in [-0.4, -0.2) is 34.5 Å². The van der Waals surface area contributed by atoms with Crippen LogP contribution in [0.3, 0.4) is 0 Å². The largest absolute Gasteiger partial charge is 0.480 e. The summed E-state index contributed by atoms with van der Waals surface area (Å²) in [4.78, 5) is 25.0. The van der Waals surface area contributed by atoms with Gasteiger partial charge in [0, 0.05) is 6.54 Å². The Labute approximate surface area is 113 Å². The SMILES string of the molecule is O=C(O)C1CCCCCN1C(=O)c1ccoc1Br. The van der Waals surface area contributed by atoms with Gasteiger partial charge in [-0.05, 0) is 34.8 Å². The quantitative estimate of drug-likeness (QED) is 0.910. The number of rotatable bonds is 2. The van der Waals surface area contributed by atoms with Crippen LogP contribution in [-0.2, 0) is 4.79 Å². The molecule has 0 aromatic carbocycles. The average Bonchev–Trinajstić information content (AvgIpc) is 2.63. The number of hydrogen-bond donors (Lipinski definition) is 1. The molecular formula is C12H14BrNO4. The molecule has 98 valence electrons. The molecule has 1 unspecified atom stereocenters. The molecule has 6 heteroatoms. The van der Waals surface area contributed by atoms with Crippen molar-refractivity contribution in [1.82, 2.24) is 4.90 Å². The highest BCUT2D eigenvalue weighted by atomic mass is 79.9. The van der Waals surface area contributed by atoms with Crippen molar-refractivity contribution in [2.45, 2.75) is 31.7 Å². The second-order valence-corrected chi connectivity index (χ2v) is 5.03. The number of nitrogens with zero attached hydrogens (tertiary/aromatic N) is 1. The first-order valence-electron chi connectivity index (χ1n) is 5.88. The van der Waals surface area contributed by atoms with Crippen molar-refractivity contribution in [3.63, 3.8) is 0 Å². The lowest BCUT2D eigenvalue weighted by atomic mass is 10.1. The van der Waals surface area contributed by atoms with E-state index in [-0.39, 0.29) is 5.91 Å². The zero-order chi connectivity index (χ0) is 13.1. The molecule has 1 aromatic rings. The number of likely N-dealkylation sites (tertiary alicyclic amines) is 1. The molecule has 1 N–H and O–H groups in total. The number of hydrogen-bond acceptors (Lipinski definition) is 3. The first-order chi connectivity index (χ1) is 8.61. The zero-order valence-corrected chi connectivity index (χ0v) is 11.4. The third kappa shape index (κ3) is 2.58. The molecule has 0 spiro atoms. The van der Waals surface area contributed by atoms with E-state index in [1.54, 1.807) is 6.07 Å². The van der Waals surface area contributed by atoms with Crippen LogP contribution in [0.25, 0.3) is 0 Å². The van der Waals surface area contributed by atoms with Gasteiger partial charge in [-0.15, -0.1) is 0 Å². The van der Waals surface area contributed by atoms with Gasteiger partial charge in [-0.25, -0.2) is 4.79 Å². The maximum Gasteiger partial charge on any atom is 0.326 e. The summed E-state index contributed by atoms with van der Waals surface area (Å²) >= 11 is 3.15. The van der Waals surface area contributed by atoms with Crippen LogP contribution < -0.4 is 0 Å². The van der Waals surface area contributed by atoms with Crippen molar-refractivity contribution in [2.24, 2.45) is 0 Å². The van der Waals surface area contributed by atoms with Gasteiger partial charge in [0.15, 0.2) is 4.67 Å². The summed E-state index contributed by atoms with van der Waals surface area (Å²) in [7, 11) is 0. The third-order valence-electron chi connectivity index (χ3n) is 3.15.